The van der Waals surface area contributed by atoms with Crippen LogP contribution >= 0.6 is 0 Å². The van der Waals surface area contributed by atoms with Crippen molar-refractivity contribution in [2.24, 2.45) is 11.8 Å². The van der Waals surface area contributed by atoms with E-state index < -0.39 is 0 Å². The molecule has 2 atom stereocenters. The van der Waals surface area contributed by atoms with Gasteiger partial charge in [-0.1, -0.05) is 26.7 Å². The van der Waals surface area contributed by atoms with Crippen molar-refractivity contribution in [1.29, 1.82) is 0 Å². The lowest BCUT2D eigenvalue weighted by Crippen LogP contribution is -2.57. The summed E-state index contributed by atoms with van der Waals surface area (Å²) in [7, 11) is 0. The van der Waals surface area contributed by atoms with Gasteiger partial charge in [-0.05, 0) is 57.5 Å². The van der Waals surface area contributed by atoms with Crippen molar-refractivity contribution in [3.05, 3.63) is 0 Å². The molecule has 116 valence electrons. The lowest BCUT2D eigenvalue weighted by Gasteiger charge is -2.51. The van der Waals surface area contributed by atoms with E-state index in [1.54, 1.807) is 0 Å². The molecule has 2 unspecified atom stereocenters. The Morgan fingerprint density at radius 1 is 1.25 bits per heavy atom. The fraction of sp³-hybridized carbons (Fsp3) is 0.941. The van der Waals surface area contributed by atoms with Crippen molar-refractivity contribution >= 4 is 5.97 Å². The highest BCUT2D eigenvalue weighted by atomic mass is 16.5. The average Bonchev–Trinajstić information content (AvgIpc) is 2.93. The molecule has 0 radical (unpaired) electrons. The SMILES string of the molecule is CCOC(=O)CC1(N2CCCC2)CCCCC1C(C)C. The second-order valence-corrected chi connectivity index (χ2v) is 6.88. The lowest BCUT2D eigenvalue weighted by molar-refractivity contribution is -0.149. The highest BCUT2D eigenvalue weighted by Gasteiger charge is 2.48. The molecule has 3 nitrogen and oxygen atoms in total. The summed E-state index contributed by atoms with van der Waals surface area (Å²) in [5, 5.41) is 0. The van der Waals surface area contributed by atoms with E-state index in [1.807, 2.05) is 6.92 Å². The first-order valence-electron chi connectivity index (χ1n) is 8.51. The normalized spacial score (nSPS) is 31.7. The molecule has 0 bridgehead atoms. The molecule has 20 heavy (non-hydrogen) atoms. The number of hydrogen-bond acceptors (Lipinski definition) is 3. The van der Waals surface area contributed by atoms with Crippen LogP contribution in [0.25, 0.3) is 0 Å². The molecule has 0 aromatic carbocycles. The van der Waals surface area contributed by atoms with Crippen LogP contribution in [0.2, 0.25) is 0 Å². The number of carbonyl (C=O) groups excluding carboxylic acids is 1. The highest BCUT2D eigenvalue weighted by Crippen LogP contribution is 2.46. The van der Waals surface area contributed by atoms with Crippen LogP contribution in [0, 0.1) is 11.8 Å². The summed E-state index contributed by atoms with van der Waals surface area (Å²) in [5.74, 6) is 1.29. The van der Waals surface area contributed by atoms with Gasteiger partial charge >= 0.3 is 5.97 Å². The summed E-state index contributed by atoms with van der Waals surface area (Å²) in [6.07, 6.45) is 8.21. The molecule has 1 heterocycles. The molecule has 3 heteroatoms. The number of rotatable bonds is 5. The molecular formula is C17H31NO2. The van der Waals surface area contributed by atoms with E-state index in [0.717, 1.165) is 0 Å². The first kappa shape index (κ1) is 15.8. The Labute approximate surface area is 124 Å². The van der Waals surface area contributed by atoms with E-state index in [1.165, 1.54) is 51.6 Å². The molecule has 2 fully saturated rings. The smallest absolute Gasteiger partial charge is 0.307 e. The van der Waals surface area contributed by atoms with Gasteiger partial charge in [-0.15, -0.1) is 0 Å². The summed E-state index contributed by atoms with van der Waals surface area (Å²) >= 11 is 0. The quantitative estimate of drug-likeness (QED) is 0.721. The molecule has 0 amide bonds. The van der Waals surface area contributed by atoms with Crippen LogP contribution in [-0.4, -0.2) is 36.1 Å². The number of esters is 1. The number of nitrogens with zero attached hydrogens (tertiary/aromatic N) is 1. The van der Waals surface area contributed by atoms with Gasteiger partial charge in [0.25, 0.3) is 0 Å². The van der Waals surface area contributed by atoms with E-state index >= 15 is 0 Å². The van der Waals surface area contributed by atoms with E-state index in [4.69, 9.17) is 4.74 Å². The fourth-order valence-corrected chi connectivity index (χ4v) is 4.55. The standard InChI is InChI=1S/C17H31NO2/c1-4-20-16(19)13-17(18-11-7-8-12-18)10-6-5-9-15(17)14(2)3/h14-15H,4-13H2,1-3H3. The Bertz CT molecular complexity index is 323. The fourth-order valence-electron chi connectivity index (χ4n) is 4.55. The van der Waals surface area contributed by atoms with Crippen LogP contribution in [0.1, 0.15) is 65.7 Å². The molecule has 0 aromatic heterocycles. The topological polar surface area (TPSA) is 29.5 Å². The first-order chi connectivity index (χ1) is 9.60. The van der Waals surface area contributed by atoms with Crippen LogP contribution in [0.4, 0.5) is 0 Å². The summed E-state index contributed by atoms with van der Waals surface area (Å²) in [6, 6.07) is 0. The maximum atomic E-state index is 12.2. The van der Waals surface area contributed by atoms with Crippen molar-refractivity contribution in [2.75, 3.05) is 19.7 Å². The van der Waals surface area contributed by atoms with E-state index in [0.29, 0.717) is 24.9 Å². The molecule has 1 saturated heterocycles. The number of ether oxygens (including phenoxy) is 1. The van der Waals surface area contributed by atoms with Crippen LogP contribution in [0.15, 0.2) is 0 Å². The predicted molar refractivity (Wildman–Crippen MR) is 81.6 cm³/mol. The van der Waals surface area contributed by atoms with Gasteiger partial charge in [0.05, 0.1) is 13.0 Å². The number of likely N-dealkylation sites (tertiary alicyclic amines) is 1. The minimum atomic E-state index is 0.00644. The van der Waals surface area contributed by atoms with Crippen molar-refractivity contribution in [1.82, 2.24) is 4.90 Å². The number of hydrogen-bond donors (Lipinski definition) is 0. The van der Waals surface area contributed by atoms with Crippen LogP contribution < -0.4 is 0 Å². The third-order valence-electron chi connectivity index (χ3n) is 5.36. The Balaban J connectivity index is 2.23. The van der Waals surface area contributed by atoms with Gasteiger partial charge in [-0.2, -0.15) is 0 Å². The first-order valence-corrected chi connectivity index (χ1v) is 8.51. The molecule has 0 spiro atoms. The van der Waals surface area contributed by atoms with Gasteiger partial charge in [-0.25, -0.2) is 0 Å². The maximum absolute atomic E-state index is 12.2. The minimum absolute atomic E-state index is 0.00644. The molecule has 0 aromatic rings. The van der Waals surface area contributed by atoms with Crippen molar-refractivity contribution in [3.8, 4) is 0 Å². The van der Waals surface area contributed by atoms with E-state index in [-0.39, 0.29) is 11.5 Å². The molecule has 1 saturated carbocycles. The molecular weight excluding hydrogens is 250 g/mol. The van der Waals surface area contributed by atoms with Crippen molar-refractivity contribution < 1.29 is 9.53 Å². The van der Waals surface area contributed by atoms with Gasteiger partial charge < -0.3 is 4.74 Å². The molecule has 2 rings (SSSR count). The molecule has 1 aliphatic carbocycles. The van der Waals surface area contributed by atoms with E-state index in [9.17, 15) is 4.79 Å². The zero-order chi connectivity index (χ0) is 14.6. The van der Waals surface area contributed by atoms with E-state index in [2.05, 4.69) is 18.7 Å². The van der Waals surface area contributed by atoms with Crippen LogP contribution in [0.5, 0.6) is 0 Å². The maximum Gasteiger partial charge on any atom is 0.307 e. The minimum Gasteiger partial charge on any atom is -0.466 e. The Hall–Kier alpha value is -0.570. The summed E-state index contributed by atoms with van der Waals surface area (Å²) in [6.45, 7) is 9.39. The summed E-state index contributed by atoms with van der Waals surface area (Å²) in [4.78, 5) is 14.8. The van der Waals surface area contributed by atoms with Gasteiger partial charge in [0.1, 0.15) is 0 Å². The second-order valence-electron chi connectivity index (χ2n) is 6.88. The molecule has 1 aliphatic heterocycles. The number of carbonyl (C=O) groups is 1. The Morgan fingerprint density at radius 2 is 1.95 bits per heavy atom. The van der Waals surface area contributed by atoms with Crippen LogP contribution in [0.3, 0.4) is 0 Å². The zero-order valence-corrected chi connectivity index (χ0v) is 13.5. The van der Waals surface area contributed by atoms with Gasteiger partial charge in [0.2, 0.25) is 0 Å². The Morgan fingerprint density at radius 3 is 2.55 bits per heavy atom. The van der Waals surface area contributed by atoms with Crippen molar-refractivity contribution in [2.45, 2.75) is 71.3 Å². The predicted octanol–water partition coefficient (Wildman–Crippen LogP) is 3.62. The zero-order valence-electron chi connectivity index (χ0n) is 13.5. The third-order valence-corrected chi connectivity index (χ3v) is 5.36. The summed E-state index contributed by atoms with van der Waals surface area (Å²) in [5.41, 5.74) is 0.0785. The van der Waals surface area contributed by atoms with Crippen LogP contribution in [-0.2, 0) is 9.53 Å². The van der Waals surface area contributed by atoms with Gasteiger partial charge in [0, 0.05) is 5.54 Å². The molecule has 2 aliphatic rings. The lowest BCUT2D eigenvalue weighted by atomic mass is 9.65. The summed E-state index contributed by atoms with van der Waals surface area (Å²) < 4.78 is 5.29. The largest absolute Gasteiger partial charge is 0.466 e. The van der Waals surface area contributed by atoms with Gasteiger partial charge in [-0.3, -0.25) is 9.69 Å². The third kappa shape index (κ3) is 3.19. The second kappa shape index (κ2) is 6.93. The highest BCUT2D eigenvalue weighted by molar-refractivity contribution is 5.71. The van der Waals surface area contributed by atoms with Crippen molar-refractivity contribution in [3.63, 3.8) is 0 Å². The van der Waals surface area contributed by atoms with Gasteiger partial charge in [0.15, 0.2) is 0 Å². The average molecular weight is 281 g/mol. The Kier molecular flexibility index (Phi) is 5.48. The molecule has 0 N–H and O–H groups in total. The monoisotopic (exact) mass is 281 g/mol.